The van der Waals surface area contributed by atoms with Gasteiger partial charge in [-0.05, 0) is 81.1 Å². The van der Waals surface area contributed by atoms with E-state index in [1.807, 2.05) is 33.8 Å². The van der Waals surface area contributed by atoms with Gasteiger partial charge in [-0.3, -0.25) is 13.9 Å². The maximum absolute atomic E-state index is 14.0. The van der Waals surface area contributed by atoms with Crippen molar-refractivity contribution in [2.24, 2.45) is 0 Å². The molecule has 7 nitrogen and oxygen atoms in total. The van der Waals surface area contributed by atoms with Gasteiger partial charge in [0.2, 0.25) is 11.8 Å². The van der Waals surface area contributed by atoms with Crippen molar-refractivity contribution in [1.82, 2.24) is 10.2 Å². The molecule has 1 atom stereocenters. The predicted molar refractivity (Wildman–Crippen MR) is 161 cm³/mol. The molecule has 40 heavy (non-hydrogen) atoms. The van der Waals surface area contributed by atoms with E-state index in [0.29, 0.717) is 27.8 Å². The molecule has 0 saturated heterocycles. The van der Waals surface area contributed by atoms with Crippen LogP contribution in [0.2, 0.25) is 10.0 Å². The van der Waals surface area contributed by atoms with Gasteiger partial charge >= 0.3 is 0 Å². The summed E-state index contributed by atoms with van der Waals surface area (Å²) in [5.74, 6) is -0.901. The molecule has 3 aromatic carbocycles. The Morgan fingerprint density at radius 3 is 2.27 bits per heavy atom. The Kier molecular flexibility index (Phi) is 10.6. The van der Waals surface area contributed by atoms with E-state index < -0.39 is 28.5 Å². The summed E-state index contributed by atoms with van der Waals surface area (Å²) in [6, 6.07) is 15.8. The molecule has 3 aromatic rings. The fourth-order valence-electron chi connectivity index (χ4n) is 4.17. The largest absolute Gasteiger partial charge is 0.354 e. The summed E-state index contributed by atoms with van der Waals surface area (Å²) in [6.07, 6.45) is 0.727. The maximum Gasteiger partial charge on any atom is 0.264 e. The van der Waals surface area contributed by atoms with Crippen LogP contribution in [0.4, 0.5) is 5.69 Å². The van der Waals surface area contributed by atoms with E-state index in [-0.39, 0.29) is 17.3 Å². The van der Waals surface area contributed by atoms with Crippen molar-refractivity contribution in [2.45, 2.75) is 58.5 Å². The molecule has 0 radical (unpaired) electrons. The highest BCUT2D eigenvalue weighted by atomic mass is 35.5. The lowest BCUT2D eigenvalue weighted by molar-refractivity contribution is -0.139. The number of nitrogens with one attached hydrogen (secondary N) is 1. The first-order valence-electron chi connectivity index (χ1n) is 13.0. The summed E-state index contributed by atoms with van der Waals surface area (Å²) in [4.78, 5) is 28.4. The molecular weight excluding hydrogens is 569 g/mol. The Morgan fingerprint density at radius 2 is 1.65 bits per heavy atom. The van der Waals surface area contributed by atoms with E-state index in [9.17, 15) is 18.0 Å². The molecule has 0 heterocycles. The summed E-state index contributed by atoms with van der Waals surface area (Å²) >= 11 is 12.5. The van der Waals surface area contributed by atoms with Gasteiger partial charge in [-0.15, -0.1) is 0 Å². The number of aryl methyl sites for hydroxylation is 2. The van der Waals surface area contributed by atoms with Gasteiger partial charge in [-0.2, -0.15) is 0 Å². The number of amides is 2. The number of carbonyl (C=O) groups excluding carboxylic acids is 2. The Labute approximate surface area is 247 Å². The predicted octanol–water partition coefficient (Wildman–Crippen LogP) is 6.06. The molecule has 0 aromatic heterocycles. The smallest absolute Gasteiger partial charge is 0.264 e. The third-order valence-electron chi connectivity index (χ3n) is 6.80. The topological polar surface area (TPSA) is 86.8 Å². The van der Waals surface area contributed by atoms with Crippen molar-refractivity contribution in [3.05, 3.63) is 93.0 Å². The van der Waals surface area contributed by atoms with Gasteiger partial charge < -0.3 is 10.2 Å². The van der Waals surface area contributed by atoms with Crippen LogP contribution in [0.15, 0.2) is 65.6 Å². The Balaban J connectivity index is 2.08. The number of nitrogens with zero attached hydrogens (tertiary/aromatic N) is 2. The molecule has 2 amide bonds. The van der Waals surface area contributed by atoms with Gasteiger partial charge in [0, 0.05) is 23.1 Å². The molecule has 0 bridgehead atoms. The lowest BCUT2D eigenvalue weighted by Gasteiger charge is -2.32. The number of carbonyl (C=O) groups is 2. The van der Waals surface area contributed by atoms with E-state index in [4.69, 9.17) is 23.2 Å². The molecular formula is C30H35Cl2N3O4S. The minimum absolute atomic E-state index is 0.0131. The van der Waals surface area contributed by atoms with E-state index >= 15 is 0 Å². The average molecular weight is 605 g/mol. The number of anilines is 1. The van der Waals surface area contributed by atoms with Crippen molar-refractivity contribution < 1.29 is 18.0 Å². The van der Waals surface area contributed by atoms with E-state index in [2.05, 4.69) is 5.32 Å². The zero-order chi connectivity index (χ0) is 29.6. The average Bonchev–Trinajstić information content (AvgIpc) is 2.91. The molecule has 1 N–H and O–H groups in total. The highest BCUT2D eigenvalue weighted by molar-refractivity contribution is 7.92. The van der Waals surface area contributed by atoms with E-state index in [1.54, 1.807) is 49.4 Å². The zero-order valence-corrected chi connectivity index (χ0v) is 25.7. The van der Waals surface area contributed by atoms with Crippen LogP contribution in [-0.4, -0.2) is 44.3 Å². The SMILES string of the molecule is CCCNC(=O)[C@@H](C)N(Cc1ccc(Cl)cc1Cl)C(=O)CN(c1cccc(C)c1C)S(=O)(=O)c1ccc(C)cc1. The molecule has 10 heteroatoms. The second-order valence-corrected chi connectivity index (χ2v) is 12.5. The lowest BCUT2D eigenvalue weighted by Crippen LogP contribution is -2.51. The van der Waals surface area contributed by atoms with Gasteiger partial charge in [0.05, 0.1) is 10.6 Å². The highest BCUT2D eigenvalue weighted by Gasteiger charge is 2.33. The zero-order valence-electron chi connectivity index (χ0n) is 23.4. The third kappa shape index (κ3) is 7.36. The number of rotatable bonds is 11. The minimum atomic E-state index is -4.14. The summed E-state index contributed by atoms with van der Waals surface area (Å²) in [5, 5.41) is 3.60. The second kappa shape index (κ2) is 13.5. The van der Waals surface area contributed by atoms with Crippen LogP contribution in [0.3, 0.4) is 0 Å². The molecule has 0 saturated carbocycles. The number of sulfonamides is 1. The molecule has 0 spiro atoms. The van der Waals surface area contributed by atoms with Gasteiger partial charge in [0.25, 0.3) is 10.0 Å². The van der Waals surface area contributed by atoms with E-state index in [0.717, 1.165) is 27.4 Å². The summed E-state index contributed by atoms with van der Waals surface area (Å²) < 4.78 is 29.1. The van der Waals surface area contributed by atoms with Crippen molar-refractivity contribution in [1.29, 1.82) is 0 Å². The number of hydrogen-bond acceptors (Lipinski definition) is 4. The monoisotopic (exact) mass is 603 g/mol. The summed E-state index contributed by atoms with van der Waals surface area (Å²) in [6.45, 7) is 9.03. The maximum atomic E-state index is 14.0. The Bertz CT molecular complexity index is 1480. The van der Waals surface area contributed by atoms with Gasteiger partial charge in [0.15, 0.2) is 0 Å². The molecule has 0 aliphatic rings. The van der Waals surface area contributed by atoms with Gasteiger partial charge in [-0.25, -0.2) is 8.42 Å². The standard InChI is InChI=1S/C30H35Cl2N3O4S/c1-6-16-33-30(37)23(5)34(18-24-12-13-25(31)17-27(24)32)29(36)19-35(28-9-7-8-21(3)22(28)4)40(38,39)26-14-10-20(2)11-15-26/h7-15,17,23H,6,16,18-19H2,1-5H3,(H,33,37)/t23-/m1/s1. The van der Waals surface area contributed by atoms with Crippen LogP contribution in [0.5, 0.6) is 0 Å². The molecule has 214 valence electrons. The Morgan fingerprint density at radius 1 is 0.975 bits per heavy atom. The first-order chi connectivity index (χ1) is 18.9. The normalized spacial score (nSPS) is 12.1. The van der Waals surface area contributed by atoms with Crippen LogP contribution in [0.25, 0.3) is 0 Å². The lowest BCUT2D eigenvalue weighted by atomic mass is 10.1. The summed E-state index contributed by atoms with van der Waals surface area (Å²) in [7, 11) is -4.14. The molecule has 3 rings (SSSR count). The molecule has 0 unspecified atom stereocenters. The quantitative estimate of drug-likeness (QED) is 0.289. The van der Waals surface area contributed by atoms with Crippen LogP contribution >= 0.6 is 23.2 Å². The number of hydrogen-bond donors (Lipinski definition) is 1. The molecule has 0 aliphatic heterocycles. The van der Waals surface area contributed by atoms with Crippen molar-refractivity contribution in [3.63, 3.8) is 0 Å². The van der Waals surface area contributed by atoms with Gasteiger partial charge in [0.1, 0.15) is 12.6 Å². The van der Waals surface area contributed by atoms with Gasteiger partial charge in [-0.1, -0.05) is 66.0 Å². The number of benzene rings is 3. The third-order valence-corrected chi connectivity index (χ3v) is 9.17. The molecule has 0 aliphatic carbocycles. The first kappa shape index (κ1) is 31.5. The van der Waals surface area contributed by atoms with Crippen molar-refractivity contribution in [2.75, 3.05) is 17.4 Å². The van der Waals surface area contributed by atoms with E-state index in [1.165, 1.54) is 17.0 Å². The van der Waals surface area contributed by atoms with Crippen molar-refractivity contribution >= 4 is 50.7 Å². The Hall–Kier alpha value is -3.07. The van der Waals surface area contributed by atoms with Crippen LogP contribution < -0.4 is 9.62 Å². The second-order valence-electron chi connectivity index (χ2n) is 9.77. The summed E-state index contributed by atoms with van der Waals surface area (Å²) in [5.41, 5.74) is 3.49. The fraction of sp³-hybridized carbons (Fsp3) is 0.333. The fourth-order valence-corrected chi connectivity index (χ4v) is 6.11. The first-order valence-corrected chi connectivity index (χ1v) is 15.2. The van der Waals surface area contributed by atoms with Crippen molar-refractivity contribution in [3.8, 4) is 0 Å². The minimum Gasteiger partial charge on any atom is -0.354 e. The highest BCUT2D eigenvalue weighted by Crippen LogP contribution is 2.30. The molecule has 0 fully saturated rings. The van der Waals surface area contributed by atoms with Crippen LogP contribution in [0.1, 0.15) is 42.5 Å². The van der Waals surface area contributed by atoms with Crippen LogP contribution in [-0.2, 0) is 26.2 Å². The number of halogens is 2. The van der Waals surface area contributed by atoms with Crippen LogP contribution in [0, 0.1) is 20.8 Å².